The van der Waals surface area contributed by atoms with Crippen molar-refractivity contribution in [2.75, 3.05) is 6.54 Å². The van der Waals surface area contributed by atoms with Gasteiger partial charge in [0.1, 0.15) is 10.5 Å². The number of nitrogens with zero attached hydrogens (tertiary/aromatic N) is 2. The Kier molecular flexibility index (Phi) is 3.78. The molecule has 1 aromatic carbocycles. The number of rotatable bonds is 3. The molecule has 0 aliphatic carbocycles. The van der Waals surface area contributed by atoms with Gasteiger partial charge in [0.05, 0.1) is 5.69 Å². The predicted octanol–water partition coefficient (Wildman–Crippen LogP) is 3.34. The Balaban J connectivity index is 1.91. The summed E-state index contributed by atoms with van der Waals surface area (Å²) in [6.45, 7) is 7.03. The van der Waals surface area contributed by atoms with E-state index in [4.69, 9.17) is 4.98 Å². The first-order valence-corrected chi connectivity index (χ1v) is 8.24. The number of thiazole rings is 1. The summed E-state index contributed by atoms with van der Waals surface area (Å²) in [6, 6.07) is 8.25. The van der Waals surface area contributed by atoms with Crippen LogP contribution in [-0.4, -0.2) is 33.0 Å². The molecule has 1 N–H and O–H groups in total. The lowest BCUT2D eigenvalue weighted by Crippen LogP contribution is -2.51. The normalized spacial score (nSPS) is 15.6. The lowest BCUT2D eigenvalue weighted by molar-refractivity contribution is -0.150. The van der Waals surface area contributed by atoms with Crippen molar-refractivity contribution in [2.24, 2.45) is 0 Å². The highest BCUT2D eigenvalue weighted by Crippen LogP contribution is 2.34. The summed E-state index contributed by atoms with van der Waals surface area (Å²) in [6.07, 6.45) is 0.814. The van der Waals surface area contributed by atoms with E-state index in [9.17, 15) is 9.90 Å². The van der Waals surface area contributed by atoms with Crippen molar-refractivity contribution < 1.29 is 9.90 Å². The molecular formula is C17H20N2O2S. The molecule has 2 aromatic rings. The SMILES string of the molecule is Cc1ccccc1-c1nc2c(s1)CN(C(C)(C)C(=O)O)CC2. The van der Waals surface area contributed by atoms with Crippen LogP contribution in [0.1, 0.15) is 30.0 Å². The van der Waals surface area contributed by atoms with Crippen LogP contribution in [0.25, 0.3) is 10.6 Å². The summed E-state index contributed by atoms with van der Waals surface area (Å²) in [5, 5.41) is 10.4. The van der Waals surface area contributed by atoms with E-state index in [2.05, 4.69) is 19.1 Å². The van der Waals surface area contributed by atoms with E-state index in [-0.39, 0.29) is 0 Å². The minimum atomic E-state index is -0.843. The summed E-state index contributed by atoms with van der Waals surface area (Å²) in [5.74, 6) is -0.778. The van der Waals surface area contributed by atoms with Gasteiger partial charge in [-0.1, -0.05) is 24.3 Å². The van der Waals surface area contributed by atoms with Gasteiger partial charge in [-0.3, -0.25) is 9.69 Å². The average Bonchev–Trinajstić information content (AvgIpc) is 2.90. The molecule has 1 aliphatic rings. The Morgan fingerprint density at radius 1 is 1.36 bits per heavy atom. The van der Waals surface area contributed by atoms with E-state index >= 15 is 0 Å². The number of benzene rings is 1. The molecule has 0 amide bonds. The second kappa shape index (κ2) is 5.48. The van der Waals surface area contributed by atoms with Crippen molar-refractivity contribution in [3.63, 3.8) is 0 Å². The third-order valence-corrected chi connectivity index (χ3v) is 5.54. The monoisotopic (exact) mass is 316 g/mol. The number of carbonyl (C=O) groups is 1. The Labute approximate surface area is 134 Å². The summed E-state index contributed by atoms with van der Waals surface area (Å²) < 4.78 is 0. The Morgan fingerprint density at radius 3 is 2.77 bits per heavy atom. The van der Waals surface area contributed by atoms with E-state index in [1.807, 2.05) is 17.0 Å². The lowest BCUT2D eigenvalue weighted by Gasteiger charge is -2.36. The highest BCUT2D eigenvalue weighted by molar-refractivity contribution is 7.15. The fraction of sp³-hybridized carbons (Fsp3) is 0.412. The first-order valence-electron chi connectivity index (χ1n) is 7.42. The second-order valence-corrected chi connectivity index (χ2v) is 7.32. The second-order valence-electron chi connectivity index (χ2n) is 6.24. The molecule has 0 saturated carbocycles. The van der Waals surface area contributed by atoms with Crippen LogP contribution < -0.4 is 0 Å². The van der Waals surface area contributed by atoms with Crippen LogP contribution in [0, 0.1) is 6.92 Å². The van der Waals surface area contributed by atoms with Gasteiger partial charge in [0.25, 0.3) is 0 Å². The van der Waals surface area contributed by atoms with E-state index < -0.39 is 11.5 Å². The van der Waals surface area contributed by atoms with Gasteiger partial charge in [0, 0.05) is 30.0 Å². The van der Waals surface area contributed by atoms with Crippen molar-refractivity contribution in [3.05, 3.63) is 40.4 Å². The van der Waals surface area contributed by atoms with Crippen molar-refractivity contribution >= 4 is 17.3 Å². The largest absolute Gasteiger partial charge is 0.480 e. The molecule has 0 spiro atoms. The van der Waals surface area contributed by atoms with Crippen molar-refractivity contribution in [2.45, 2.75) is 39.3 Å². The maximum absolute atomic E-state index is 11.4. The number of aryl methyl sites for hydroxylation is 1. The van der Waals surface area contributed by atoms with Crippen LogP contribution in [-0.2, 0) is 17.8 Å². The average molecular weight is 316 g/mol. The zero-order chi connectivity index (χ0) is 15.9. The fourth-order valence-corrected chi connectivity index (χ4v) is 3.95. The third-order valence-electron chi connectivity index (χ3n) is 4.42. The Morgan fingerprint density at radius 2 is 2.09 bits per heavy atom. The minimum Gasteiger partial charge on any atom is -0.480 e. The molecular weight excluding hydrogens is 296 g/mol. The van der Waals surface area contributed by atoms with Gasteiger partial charge in [-0.15, -0.1) is 11.3 Å². The standard InChI is InChI=1S/C17H20N2O2S/c1-11-6-4-5-7-12(11)15-18-13-8-9-19(10-14(13)22-15)17(2,3)16(20)21/h4-7H,8-10H2,1-3H3,(H,20,21). The number of fused-ring (bicyclic) bond motifs is 1. The molecule has 4 nitrogen and oxygen atoms in total. The van der Waals surface area contributed by atoms with Crippen molar-refractivity contribution in [3.8, 4) is 10.6 Å². The molecule has 0 fully saturated rings. The van der Waals surface area contributed by atoms with Crippen LogP contribution in [0.2, 0.25) is 0 Å². The molecule has 3 rings (SSSR count). The van der Waals surface area contributed by atoms with Gasteiger partial charge >= 0.3 is 5.97 Å². The van der Waals surface area contributed by atoms with E-state index in [1.165, 1.54) is 16.0 Å². The van der Waals surface area contributed by atoms with Gasteiger partial charge < -0.3 is 5.11 Å². The van der Waals surface area contributed by atoms with Crippen molar-refractivity contribution in [1.29, 1.82) is 0 Å². The number of aromatic nitrogens is 1. The molecule has 22 heavy (non-hydrogen) atoms. The molecule has 5 heteroatoms. The summed E-state index contributed by atoms with van der Waals surface area (Å²) in [4.78, 5) is 19.5. The van der Waals surface area contributed by atoms with E-state index in [0.29, 0.717) is 6.54 Å². The molecule has 0 atom stereocenters. The zero-order valence-corrected chi connectivity index (χ0v) is 13.9. The van der Waals surface area contributed by atoms with Gasteiger partial charge in [-0.2, -0.15) is 0 Å². The number of carboxylic acids is 1. The van der Waals surface area contributed by atoms with Crippen LogP contribution in [0.15, 0.2) is 24.3 Å². The fourth-order valence-electron chi connectivity index (χ4n) is 2.74. The van der Waals surface area contributed by atoms with Crippen LogP contribution in [0.5, 0.6) is 0 Å². The maximum Gasteiger partial charge on any atom is 0.323 e. The summed E-state index contributed by atoms with van der Waals surface area (Å²) >= 11 is 1.69. The summed E-state index contributed by atoms with van der Waals surface area (Å²) in [7, 11) is 0. The quantitative estimate of drug-likeness (QED) is 0.943. The highest BCUT2D eigenvalue weighted by Gasteiger charge is 2.37. The topological polar surface area (TPSA) is 53.4 Å². The molecule has 0 saturated heterocycles. The molecule has 1 aliphatic heterocycles. The molecule has 116 valence electrons. The first kappa shape index (κ1) is 15.2. The third kappa shape index (κ3) is 2.55. The molecule has 2 heterocycles. The number of carboxylic acid groups (broad SMARTS) is 1. The maximum atomic E-state index is 11.4. The Bertz CT molecular complexity index is 721. The highest BCUT2D eigenvalue weighted by atomic mass is 32.1. The number of hydrogen-bond donors (Lipinski definition) is 1. The smallest absolute Gasteiger partial charge is 0.323 e. The lowest BCUT2D eigenvalue weighted by atomic mass is 10.00. The Hall–Kier alpha value is -1.72. The minimum absolute atomic E-state index is 0.665. The van der Waals surface area contributed by atoms with Gasteiger partial charge in [-0.25, -0.2) is 4.98 Å². The first-order chi connectivity index (χ1) is 10.4. The van der Waals surface area contributed by atoms with Crippen LogP contribution in [0.3, 0.4) is 0 Å². The molecule has 0 bridgehead atoms. The van der Waals surface area contributed by atoms with Gasteiger partial charge in [0.2, 0.25) is 0 Å². The number of aliphatic carboxylic acids is 1. The van der Waals surface area contributed by atoms with Gasteiger partial charge in [-0.05, 0) is 26.3 Å². The van der Waals surface area contributed by atoms with E-state index in [0.717, 1.165) is 23.7 Å². The van der Waals surface area contributed by atoms with Crippen LogP contribution in [0.4, 0.5) is 0 Å². The molecule has 1 aromatic heterocycles. The van der Waals surface area contributed by atoms with Crippen molar-refractivity contribution in [1.82, 2.24) is 9.88 Å². The molecule has 0 radical (unpaired) electrons. The van der Waals surface area contributed by atoms with E-state index in [1.54, 1.807) is 25.2 Å². The summed E-state index contributed by atoms with van der Waals surface area (Å²) in [5.41, 5.74) is 2.67. The predicted molar refractivity (Wildman–Crippen MR) is 88.1 cm³/mol. The number of hydrogen-bond acceptors (Lipinski definition) is 4. The van der Waals surface area contributed by atoms with Gasteiger partial charge in [0.15, 0.2) is 0 Å². The zero-order valence-electron chi connectivity index (χ0n) is 13.1. The van der Waals surface area contributed by atoms with Crippen LogP contribution >= 0.6 is 11.3 Å². The molecule has 0 unspecified atom stereocenters.